The van der Waals surface area contributed by atoms with Gasteiger partial charge < -0.3 is 20.3 Å². The summed E-state index contributed by atoms with van der Waals surface area (Å²) in [6, 6.07) is 9.19. The number of anilines is 4. The van der Waals surface area contributed by atoms with Gasteiger partial charge in [0.05, 0.1) is 32.5 Å². The van der Waals surface area contributed by atoms with Crippen molar-refractivity contribution in [2.24, 2.45) is 0 Å². The van der Waals surface area contributed by atoms with E-state index in [9.17, 15) is 17.2 Å². The summed E-state index contributed by atoms with van der Waals surface area (Å²) in [5.41, 5.74) is 3.28. The molecule has 1 saturated heterocycles. The second kappa shape index (κ2) is 10.3. The third-order valence-corrected chi connectivity index (χ3v) is 7.57. The van der Waals surface area contributed by atoms with Crippen molar-refractivity contribution in [1.82, 2.24) is 10.3 Å². The summed E-state index contributed by atoms with van der Waals surface area (Å²) in [7, 11) is -1.99. The van der Waals surface area contributed by atoms with Gasteiger partial charge in [0.2, 0.25) is 0 Å². The number of hydrogen-bond acceptors (Lipinski definition) is 8. The number of nitrogens with one attached hydrogen (secondary N) is 3. The van der Waals surface area contributed by atoms with Crippen LogP contribution in [0.4, 0.5) is 31.7 Å². The lowest BCUT2D eigenvalue weighted by Crippen LogP contribution is -2.29. The van der Waals surface area contributed by atoms with E-state index in [1.165, 1.54) is 35.0 Å². The number of sulfonamides is 1. The van der Waals surface area contributed by atoms with E-state index >= 15 is 0 Å². The third-order valence-electron chi connectivity index (χ3n) is 5.32. The number of rotatable bonds is 9. The molecule has 0 saturated carbocycles. The summed E-state index contributed by atoms with van der Waals surface area (Å²) in [6.45, 7) is -1.51. The number of hydrogen-bond donors (Lipinski definition) is 3. The zero-order chi connectivity index (χ0) is 24.3. The molecule has 2 heterocycles. The van der Waals surface area contributed by atoms with Crippen LogP contribution < -0.4 is 25.0 Å². The van der Waals surface area contributed by atoms with Crippen LogP contribution in [0.2, 0.25) is 5.02 Å². The van der Waals surface area contributed by atoms with Crippen molar-refractivity contribution in [3.05, 3.63) is 52.3 Å². The average molecular weight is 530 g/mol. The SMILES string of the molecule is CNC1CCN(c2cc(OC(F)F)ccc2Nc2ccc(S(=O)(=O)Nc3cscn3)cc2Cl)C1. The molecule has 1 aliphatic heterocycles. The minimum atomic E-state index is -3.86. The highest BCUT2D eigenvalue weighted by Crippen LogP contribution is 2.37. The number of halogens is 3. The summed E-state index contributed by atoms with van der Waals surface area (Å²) >= 11 is 7.68. The van der Waals surface area contributed by atoms with Crippen molar-refractivity contribution >= 4 is 55.8 Å². The van der Waals surface area contributed by atoms with Gasteiger partial charge in [-0.25, -0.2) is 13.4 Å². The van der Waals surface area contributed by atoms with Gasteiger partial charge in [-0.15, -0.1) is 11.3 Å². The van der Waals surface area contributed by atoms with Crippen LogP contribution in [0.25, 0.3) is 0 Å². The lowest BCUT2D eigenvalue weighted by molar-refractivity contribution is -0.0498. The smallest absolute Gasteiger partial charge is 0.387 e. The van der Waals surface area contributed by atoms with E-state index < -0.39 is 16.6 Å². The quantitative estimate of drug-likeness (QED) is 0.368. The Morgan fingerprint density at radius 3 is 2.68 bits per heavy atom. The molecular formula is C21H22ClF2N5O3S2. The Morgan fingerprint density at radius 1 is 1.24 bits per heavy atom. The van der Waals surface area contributed by atoms with Crippen molar-refractivity contribution in [3.8, 4) is 5.75 Å². The van der Waals surface area contributed by atoms with Crippen LogP contribution >= 0.6 is 22.9 Å². The zero-order valence-corrected chi connectivity index (χ0v) is 20.4. The maximum atomic E-state index is 12.8. The number of benzene rings is 2. The van der Waals surface area contributed by atoms with Gasteiger partial charge in [0.25, 0.3) is 10.0 Å². The van der Waals surface area contributed by atoms with Gasteiger partial charge in [-0.05, 0) is 43.8 Å². The number of aromatic nitrogens is 1. The number of alkyl halides is 2. The lowest BCUT2D eigenvalue weighted by atomic mass is 10.2. The predicted octanol–water partition coefficient (Wildman–Crippen LogP) is 4.74. The van der Waals surface area contributed by atoms with Gasteiger partial charge in [0.15, 0.2) is 5.82 Å². The molecule has 1 fully saturated rings. The van der Waals surface area contributed by atoms with E-state index in [0.717, 1.165) is 13.0 Å². The molecule has 1 atom stereocenters. The molecule has 3 aromatic rings. The first-order valence-electron chi connectivity index (χ1n) is 10.2. The molecule has 1 aromatic heterocycles. The molecule has 0 spiro atoms. The molecule has 34 heavy (non-hydrogen) atoms. The average Bonchev–Trinajstić information content (AvgIpc) is 3.47. The molecule has 1 unspecified atom stereocenters. The van der Waals surface area contributed by atoms with E-state index in [2.05, 4.69) is 30.0 Å². The van der Waals surface area contributed by atoms with Crippen LogP contribution in [0, 0.1) is 0 Å². The van der Waals surface area contributed by atoms with Crippen LogP contribution in [0.1, 0.15) is 6.42 Å². The Bertz CT molecular complexity index is 1250. The fourth-order valence-electron chi connectivity index (χ4n) is 3.64. The number of ether oxygens (including phenoxy) is 1. The van der Waals surface area contributed by atoms with E-state index in [4.69, 9.17) is 11.6 Å². The minimum Gasteiger partial charge on any atom is -0.435 e. The second-order valence-electron chi connectivity index (χ2n) is 7.52. The van der Waals surface area contributed by atoms with Crippen LogP contribution in [0.15, 0.2) is 52.2 Å². The summed E-state index contributed by atoms with van der Waals surface area (Å²) in [5, 5.41) is 8.17. The first-order valence-corrected chi connectivity index (χ1v) is 13.0. The van der Waals surface area contributed by atoms with Crippen LogP contribution in [-0.4, -0.2) is 46.2 Å². The highest BCUT2D eigenvalue weighted by Gasteiger charge is 2.24. The van der Waals surface area contributed by atoms with Crippen molar-refractivity contribution in [2.45, 2.75) is 24.0 Å². The maximum Gasteiger partial charge on any atom is 0.387 e. The van der Waals surface area contributed by atoms with E-state index in [1.54, 1.807) is 23.6 Å². The van der Waals surface area contributed by atoms with Gasteiger partial charge in [0.1, 0.15) is 5.75 Å². The molecule has 0 bridgehead atoms. The number of thiazole rings is 1. The van der Waals surface area contributed by atoms with Crippen molar-refractivity contribution in [2.75, 3.05) is 35.1 Å². The second-order valence-corrected chi connectivity index (χ2v) is 10.3. The van der Waals surface area contributed by atoms with Crippen LogP contribution in [-0.2, 0) is 10.0 Å². The fourth-order valence-corrected chi connectivity index (χ4v) is 5.51. The van der Waals surface area contributed by atoms with Crippen molar-refractivity contribution < 1.29 is 21.9 Å². The standard InChI is InChI=1S/C21H22ClF2N5O3S2/c1-25-13-6-7-29(10-13)19-8-14(32-21(23)24)2-4-18(19)27-17-5-3-15(9-16(17)22)34(30,31)28-20-11-33-12-26-20/h2-5,8-9,11-13,21,25,27-28H,6-7,10H2,1H3. The molecule has 0 radical (unpaired) electrons. The molecule has 3 N–H and O–H groups in total. The molecule has 13 heteroatoms. The summed E-state index contributed by atoms with van der Waals surface area (Å²) in [4.78, 5) is 5.96. The van der Waals surface area contributed by atoms with Crippen LogP contribution in [0.3, 0.4) is 0 Å². The Kier molecular flexibility index (Phi) is 7.41. The highest BCUT2D eigenvalue weighted by atomic mass is 35.5. The zero-order valence-electron chi connectivity index (χ0n) is 18.0. The van der Waals surface area contributed by atoms with Crippen molar-refractivity contribution in [3.63, 3.8) is 0 Å². The lowest BCUT2D eigenvalue weighted by Gasteiger charge is -2.24. The predicted molar refractivity (Wildman–Crippen MR) is 130 cm³/mol. The molecule has 8 nitrogen and oxygen atoms in total. The normalized spacial score (nSPS) is 16.1. The molecule has 0 aliphatic carbocycles. The van der Waals surface area contributed by atoms with Gasteiger partial charge in [-0.2, -0.15) is 8.78 Å². The van der Waals surface area contributed by atoms with Gasteiger partial charge in [0, 0.05) is 30.6 Å². The third kappa shape index (κ3) is 5.69. The Hall–Kier alpha value is -2.67. The fraction of sp³-hybridized carbons (Fsp3) is 0.286. The maximum absolute atomic E-state index is 12.8. The molecule has 182 valence electrons. The first kappa shape index (κ1) is 24.5. The Labute approximate surface area is 205 Å². The molecule has 2 aromatic carbocycles. The van der Waals surface area contributed by atoms with Crippen molar-refractivity contribution in [1.29, 1.82) is 0 Å². The molecule has 4 rings (SSSR count). The van der Waals surface area contributed by atoms with E-state index in [1.807, 2.05) is 7.05 Å². The summed E-state index contributed by atoms with van der Waals surface area (Å²) in [6.07, 6.45) is 0.898. The van der Waals surface area contributed by atoms with Gasteiger partial charge in [-0.1, -0.05) is 11.6 Å². The number of likely N-dealkylation sites (N-methyl/N-ethyl adjacent to an activating group) is 1. The molecule has 1 aliphatic rings. The highest BCUT2D eigenvalue weighted by molar-refractivity contribution is 7.92. The van der Waals surface area contributed by atoms with E-state index in [0.29, 0.717) is 23.6 Å². The summed E-state index contributed by atoms with van der Waals surface area (Å²) in [5.74, 6) is 0.272. The molecule has 0 amide bonds. The van der Waals surface area contributed by atoms with E-state index in [-0.39, 0.29) is 27.5 Å². The first-order chi connectivity index (χ1) is 16.2. The Morgan fingerprint density at radius 2 is 2.03 bits per heavy atom. The monoisotopic (exact) mass is 529 g/mol. The minimum absolute atomic E-state index is 0.0200. The largest absolute Gasteiger partial charge is 0.435 e. The summed E-state index contributed by atoms with van der Waals surface area (Å²) < 4.78 is 57.7. The molecular weight excluding hydrogens is 508 g/mol. The Balaban J connectivity index is 1.60. The van der Waals surface area contributed by atoms with Gasteiger partial charge in [-0.3, -0.25) is 4.72 Å². The van der Waals surface area contributed by atoms with Gasteiger partial charge >= 0.3 is 6.61 Å². The number of nitrogens with zero attached hydrogens (tertiary/aromatic N) is 2. The topological polar surface area (TPSA) is 95.6 Å². The van der Waals surface area contributed by atoms with Crippen LogP contribution in [0.5, 0.6) is 5.75 Å².